The van der Waals surface area contributed by atoms with Gasteiger partial charge in [0.15, 0.2) is 0 Å². The lowest BCUT2D eigenvalue weighted by atomic mass is 9.98. The summed E-state index contributed by atoms with van der Waals surface area (Å²) < 4.78 is 2.54. The molecule has 1 amide bonds. The van der Waals surface area contributed by atoms with Gasteiger partial charge in [0.2, 0.25) is 0 Å². The van der Waals surface area contributed by atoms with Crippen molar-refractivity contribution >= 4 is 39.7 Å². The molecule has 0 saturated carbocycles. The fourth-order valence-corrected chi connectivity index (χ4v) is 3.70. The van der Waals surface area contributed by atoms with Gasteiger partial charge in [0.25, 0.3) is 5.91 Å². The first-order valence-corrected chi connectivity index (χ1v) is 9.88. The van der Waals surface area contributed by atoms with Crippen LogP contribution < -0.4 is 5.43 Å². The van der Waals surface area contributed by atoms with Gasteiger partial charge < -0.3 is 0 Å². The summed E-state index contributed by atoms with van der Waals surface area (Å²) in [6.07, 6.45) is 1.52. The first-order valence-electron chi connectivity index (χ1n) is 8.71. The minimum Gasteiger partial charge on any atom is -0.267 e. The molecule has 0 radical (unpaired) electrons. The van der Waals surface area contributed by atoms with E-state index in [-0.39, 0.29) is 5.91 Å². The standard InChI is InChI=1S/C21H20BrClN4O/c1-12-13(2)17(10-19(22)14(12)3)21(28)25-24-11-18-15(4)26-27(20(18)23)16-8-6-5-7-9-16/h5-11H,1-4H3,(H,25,28). The molecule has 3 rings (SSSR count). The zero-order valence-electron chi connectivity index (χ0n) is 16.0. The van der Waals surface area contributed by atoms with Crippen molar-refractivity contribution in [3.8, 4) is 5.69 Å². The van der Waals surface area contributed by atoms with Crippen molar-refractivity contribution in [3.63, 3.8) is 0 Å². The van der Waals surface area contributed by atoms with E-state index in [1.54, 1.807) is 4.68 Å². The van der Waals surface area contributed by atoms with Crippen LogP contribution in [0.3, 0.4) is 0 Å². The maximum absolute atomic E-state index is 12.6. The van der Waals surface area contributed by atoms with Crippen LogP contribution in [0.25, 0.3) is 5.69 Å². The molecule has 28 heavy (non-hydrogen) atoms. The third kappa shape index (κ3) is 3.88. The van der Waals surface area contributed by atoms with Gasteiger partial charge in [-0.25, -0.2) is 10.1 Å². The van der Waals surface area contributed by atoms with Crippen LogP contribution in [0.5, 0.6) is 0 Å². The van der Waals surface area contributed by atoms with Gasteiger partial charge >= 0.3 is 0 Å². The first-order chi connectivity index (χ1) is 13.3. The lowest BCUT2D eigenvalue weighted by Gasteiger charge is -2.12. The number of benzene rings is 2. The first kappa shape index (κ1) is 20.3. The Morgan fingerprint density at radius 2 is 1.82 bits per heavy atom. The van der Waals surface area contributed by atoms with Gasteiger partial charge in [0, 0.05) is 10.0 Å². The smallest absolute Gasteiger partial charge is 0.267 e. The van der Waals surface area contributed by atoms with Crippen LogP contribution in [0.4, 0.5) is 0 Å². The number of hydrogen-bond acceptors (Lipinski definition) is 3. The third-order valence-corrected chi connectivity index (χ3v) is 6.00. The number of aromatic nitrogens is 2. The fraction of sp³-hybridized carbons (Fsp3) is 0.190. The van der Waals surface area contributed by atoms with E-state index in [1.165, 1.54) is 6.21 Å². The molecule has 0 bridgehead atoms. The number of rotatable bonds is 4. The maximum atomic E-state index is 12.6. The van der Waals surface area contributed by atoms with Crippen molar-refractivity contribution in [2.45, 2.75) is 27.7 Å². The molecule has 1 heterocycles. The highest BCUT2D eigenvalue weighted by Crippen LogP contribution is 2.26. The highest BCUT2D eigenvalue weighted by atomic mass is 79.9. The Balaban J connectivity index is 1.83. The molecule has 0 fully saturated rings. The van der Waals surface area contributed by atoms with Crippen LogP contribution in [0.2, 0.25) is 5.15 Å². The monoisotopic (exact) mass is 458 g/mol. The molecule has 0 unspecified atom stereocenters. The van der Waals surface area contributed by atoms with E-state index in [1.807, 2.05) is 64.1 Å². The molecule has 1 aromatic heterocycles. The Morgan fingerprint density at radius 3 is 2.50 bits per heavy atom. The second-order valence-electron chi connectivity index (χ2n) is 6.52. The zero-order valence-corrected chi connectivity index (χ0v) is 18.4. The fourth-order valence-electron chi connectivity index (χ4n) is 2.86. The quantitative estimate of drug-likeness (QED) is 0.426. The number of carbonyl (C=O) groups excluding carboxylic acids is 1. The summed E-state index contributed by atoms with van der Waals surface area (Å²) in [6.45, 7) is 7.79. The Labute approximate surface area is 177 Å². The van der Waals surface area contributed by atoms with E-state index in [0.29, 0.717) is 16.3 Å². The van der Waals surface area contributed by atoms with Crippen molar-refractivity contribution in [2.24, 2.45) is 5.10 Å². The highest BCUT2D eigenvalue weighted by molar-refractivity contribution is 9.10. The molecule has 3 aromatic rings. The van der Waals surface area contributed by atoms with Crippen molar-refractivity contribution in [2.75, 3.05) is 0 Å². The summed E-state index contributed by atoms with van der Waals surface area (Å²) in [7, 11) is 0. The van der Waals surface area contributed by atoms with Crippen LogP contribution in [0.15, 0.2) is 46.0 Å². The van der Waals surface area contributed by atoms with Gasteiger partial charge in [0.1, 0.15) is 5.15 Å². The van der Waals surface area contributed by atoms with Crippen LogP contribution in [0.1, 0.15) is 38.3 Å². The van der Waals surface area contributed by atoms with Gasteiger partial charge in [-0.05, 0) is 62.6 Å². The highest BCUT2D eigenvalue weighted by Gasteiger charge is 2.15. The molecule has 2 aromatic carbocycles. The number of hydrazone groups is 1. The minimum atomic E-state index is -0.276. The molecule has 0 spiro atoms. The number of hydrogen-bond donors (Lipinski definition) is 1. The summed E-state index contributed by atoms with van der Waals surface area (Å²) in [6, 6.07) is 11.4. The van der Waals surface area contributed by atoms with E-state index in [2.05, 4.69) is 31.6 Å². The normalized spacial score (nSPS) is 11.2. The summed E-state index contributed by atoms with van der Waals surface area (Å²) in [5.41, 5.74) is 8.51. The van der Waals surface area contributed by atoms with Gasteiger partial charge in [-0.3, -0.25) is 4.79 Å². The van der Waals surface area contributed by atoms with E-state index in [4.69, 9.17) is 11.6 Å². The molecular weight excluding hydrogens is 440 g/mol. The van der Waals surface area contributed by atoms with Crippen molar-refractivity contribution in [1.29, 1.82) is 0 Å². The number of aryl methyl sites for hydroxylation is 1. The van der Waals surface area contributed by atoms with E-state index in [0.717, 1.165) is 32.5 Å². The molecule has 5 nitrogen and oxygen atoms in total. The van der Waals surface area contributed by atoms with E-state index in [9.17, 15) is 4.79 Å². The zero-order chi connectivity index (χ0) is 20.4. The number of carbonyl (C=O) groups is 1. The largest absolute Gasteiger partial charge is 0.271 e. The maximum Gasteiger partial charge on any atom is 0.271 e. The molecule has 0 atom stereocenters. The average molecular weight is 460 g/mol. The predicted octanol–water partition coefficient (Wildman–Crippen LogP) is 5.29. The Kier molecular flexibility index (Phi) is 6.01. The average Bonchev–Trinajstić information content (AvgIpc) is 2.98. The van der Waals surface area contributed by atoms with Crippen molar-refractivity contribution in [3.05, 3.63) is 79.5 Å². The Bertz CT molecular complexity index is 1070. The Hall–Kier alpha value is -2.44. The van der Waals surface area contributed by atoms with Crippen molar-refractivity contribution in [1.82, 2.24) is 15.2 Å². The van der Waals surface area contributed by atoms with Crippen molar-refractivity contribution < 1.29 is 4.79 Å². The van der Waals surface area contributed by atoms with Gasteiger partial charge in [-0.2, -0.15) is 10.2 Å². The second-order valence-corrected chi connectivity index (χ2v) is 7.73. The van der Waals surface area contributed by atoms with Crippen LogP contribution in [-0.2, 0) is 0 Å². The summed E-state index contributed by atoms with van der Waals surface area (Å²) >= 11 is 9.97. The summed E-state index contributed by atoms with van der Waals surface area (Å²) in [5.74, 6) is -0.276. The summed E-state index contributed by atoms with van der Waals surface area (Å²) in [4.78, 5) is 12.6. The third-order valence-electron chi connectivity index (χ3n) is 4.81. The molecular formula is C21H20BrClN4O. The number of para-hydroxylation sites is 1. The number of nitrogens with one attached hydrogen (secondary N) is 1. The lowest BCUT2D eigenvalue weighted by molar-refractivity contribution is 0.0954. The molecule has 0 aliphatic heterocycles. The molecule has 0 aliphatic carbocycles. The second kappa shape index (κ2) is 8.29. The number of amides is 1. The van der Waals surface area contributed by atoms with E-state index >= 15 is 0 Å². The minimum absolute atomic E-state index is 0.276. The van der Waals surface area contributed by atoms with Crippen LogP contribution in [-0.4, -0.2) is 21.9 Å². The predicted molar refractivity (Wildman–Crippen MR) is 117 cm³/mol. The van der Waals surface area contributed by atoms with Gasteiger partial charge in [-0.15, -0.1) is 0 Å². The SMILES string of the molecule is Cc1nn(-c2ccccc2)c(Cl)c1C=NNC(=O)c1cc(Br)c(C)c(C)c1C. The lowest BCUT2D eigenvalue weighted by Crippen LogP contribution is -2.19. The Morgan fingerprint density at radius 1 is 1.14 bits per heavy atom. The molecule has 0 aliphatic rings. The van der Waals surface area contributed by atoms with E-state index < -0.39 is 0 Å². The molecule has 1 N–H and O–H groups in total. The molecule has 0 saturated heterocycles. The van der Waals surface area contributed by atoms with Gasteiger partial charge in [0.05, 0.1) is 23.2 Å². The number of nitrogens with zero attached hydrogens (tertiary/aromatic N) is 3. The van der Waals surface area contributed by atoms with Crippen LogP contribution >= 0.6 is 27.5 Å². The topological polar surface area (TPSA) is 59.3 Å². The molecule has 7 heteroatoms. The number of halogens is 2. The molecule has 144 valence electrons. The van der Waals surface area contributed by atoms with Crippen LogP contribution in [0, 0.1) is 27.7 Å². The van der Waals surface area contributed by atoms with Gasteiger partial charge in [-0.1, -0.05) is 45.7 Å². The summed E-state index contributed by atoms with van der Waals surface area (Å²) in [5, 5.41) is 8.99.